The van der Waals surface area contributed by atoms with Crippen LogP contribution in [0.4, 0.5) is 0 Å². The minimum atomic E-state index is -4.67. The van der Waals surface area contributed by atoms with E-state index in [4.69, 9.17) is 22.3 Å². The van der Waals surface area contributed by atoms with Gasteiger partial charge in [0, 0.05) is 35.7 Å². The van der Waals surface area contributed by atoms with E-state index >= 15 is 0 Å². The molecule has 1 atom stereocenters. The van der Waals surface area contributed by atoms with Crippen molar-refractivity contribution in [1.82, 2.24) is 9.88 Å². The van der Waals surface area contributed by atoms with Gasteiger partial charge in [-0.1, -0.05) is 0 Å². The number of nitrogens with zero attached hydrogens (tertiary/aromatic N) is 1. The fourth-order valence-electron chi connectivity index (χ4n) is 3.62. The molecule has 1 aliphatic carbocycles. The third-order valence-electron chi connectivity index (χ3n) is 4.40. The molecule has 8 heteroatoms. The second-order valence-corrected chi connectivity index (χ2v) is 6.64. The van der Waals surface area contributed by atoms with Crippen LogP contribution in [0, 0.1) is 0 Å². The standard InChI is InChI=1S/C15H18N2O.H2O4S/c1-18-10-5-6-14-12(9-10)11-3-2-4-13-15(11)17(14)8-7-16-13;1-5(2,3)4/h5-6,9,13,16H,2-4,7-8H2,1H3;(H2,1,2,3,4). The molecule has 1 aromatic heterocycles. The first-order chi connectivity index (χ1) is 10.9. The van der Waals surface area contributed by atoms with Gasteiger partial charge in [-0.2, -0.15) is 8.42 Å². The Balaban J connectivity index is 0.000000276. The molecule has 0 bridgehead atoms. The molecular weight excluding hydrogens is 320 g/mol. The number of rotatable bonds is 1. The zero-order chi connectivity index (χ0) is 16.6. The van der Waals surface area contributed by atoms with Crippen molar-refractivity contribution in [3.8, 4) is 5.75 Å². The lowest BCUT2D eigenvalue weighted by Gasteiger charge is -2.31. The topological polar surface area (TPSA) is 101 Å². The van der Waals surface area contributed by atoms with Crippen LogP contribution in [0.15, 0.2) is 18.2 Å². The van der Waals surface area contributed by atoms with Crippen LogP contribution in [0.3, 0.4) is 0 Å². The summed E-state index contributed by atoms with van der Waals surface area (Å²) in [6.45, 7) is 2.18. The Bertz CT molecular complexity index is 818. The lowest BCUT2D eigenvalue weighted by Crippen LogP contribution is -2.35. The minimum absolute atomic E-state index is 0.570. The fourth-order valence-corrected chi connectivity index (χ4v) is 3.62. The summed E-state index contributed by atoms with van der Waals surface area (Å²) in [6, 6.07) is 7.07. The van der Waals surface area contributed by atoms with E-state index in [9.17, 15) is 0 Å². The van der Waals surface area contributed by atoms with Gasteiger partial charge in [0.15, 0.2) is 0 Å². The van der Waals surface area contributed by atoms with Gasteiger partial charge >= 0.3 is 10.4 Å². The Morgan fingerprint density at radius 2 is 2.09 bits per heavy atom. The van der Waals surface area contributed by atoms with Crippen LogP contribution in [-0.4, -0.2) is 35.7 Å². The molecule has 23 heavy (non-hydrogen) atoms. The Morgan fingerprint density at radius 3 is 2.78 bits per heavy atom. The summed E-state index contributed by atoms with van der Waals surface area (Å²) in [4.78, 5) is 0. The highest BCUT2D eigenvalue weighted by Gasteiger charge is 2.29. The molecule has 0 spiro atoms. The monoisotopic (exact) mass is 340 g/mol. The molecule has 1 aromatic carbocycles. The van der Waals surface area contributed by atoms with Crippen molar-refractivity contribution in [3.63, 3.8) is 0 Å². The molecule has 4 rings (SSSR count). The maximum atomic E-state index is 8.74. The van der Waals surface area contributed by atoms with Crippen molar-refractivity contribution < 1.29 is 22.3 Å². The third kappa shape index (κ3) is 3.35. The van der Waals surface area contributed by atoms with Gasteiger partial charge in [0.05, 0.1) is 7.11 Å². The number of benzene rings is 1. The molecule has 0 amide bonds. The Labute approximate surface area is 134 Å². The van der Waals surface area contributed by atoms with Gasteiger partial charge < -0.3 is 14.6 Å². The van der Waals surface area contributed by atoms with Crippen LogP contribution in [0.25, 0.3) is 10.9 Å². The summed E-state index contributed by atoms with van der Waals surface area (Å²) in [5, 5.41) is 5.06. The highest BCUT2D eigenvalue weighted by atomic mass is 32.3. The molecule has 126 valence electrons. The molecule has 7 nitrogen and oxygen atoms in total. The van der Waals surface area contributed by atoms with Crippen LogP contribution < -0.4 is 10.1 Å². The van der Waals surface area contributed by atoms with Crippen LogP contribution in [0.5, 0.6) is 5.75 Å². The molecule has 2 aliphatic rings. The van der Waals surface area contributed by atoms with Gasteiger partial charge in [-0.25, -0.2) is 0 Å². The predicted molar refractivity (Wildman–Crippen MR) is 86.3 cm³/mol. The molecule has 0 radical (unpaired) electrons. The van der Waals surface area contributed by atoms with E-state index in [-0.39, 0.29) is 0 Å². The molecule has 0 saturated carbocycles. The van der Waals surface area contributed by atoms with E-state index in [2.05, 4.69) is 28.1 Å². The number of hydrogen-bond donors (Lipinski definition) is 3. The number of aromatic nitrogens is 1. The molecule has 3 N–H and O–H groups in total. The first-order valence-electron chi connectivity index (χ1n) is 7.51. The summed E-state index contributed by atoms with van der Waals surface area (Å²) in [5.41, 5.74) is 4.47. The molecule has 2 aromatic rings. The van der Waals surface area contributed by atoms with Crippen molar-refractivity contribution in [1.29, 1.82) is 0 Å². The Morgan fingerprint density at radius 1 is 1.35 bits per heavy atom. The number of aryl methyl sites for hydroxylation is 1. The zero-order valence-electron chi connectivity index (χ0n) is 12.8. The number of methoxy groups -OCH3 is 1. The fraction of sp³-hybridized carbons (Fsp3) is 0.467. The van der Waals surface area contributed by atoms with E-state index in [1.807, 2.05) is 0 Å². The van der Waals surface area contributed by atoms with Gasteiger partial charge in [-0.3, -0.25) is 9.11 Å². The van der Waals surface area contributed by atoms with E-state index in [1.54, 1.807) is 12.7 Å². The van der Waals surface area contributed by atoms with Crippen molar-refractivity contribution in [2.45, 2.75) is 31.8 Å². The molecular formula is C15H20N2O5S. The molecule has 1 unspecified atom stereocenters. The minimum Gasteiger partial charge on any atom is -0.497 e. The third-order valence-corrected chi connectivity index (χ3v) is 4.40. The largest absolute Gasteiger partial charge is 0.497 e. The van der Waals surface area contributed by atoms with Crippen LogP contribution in [0.1, 0.15) is 30.1 Å². The summed E-state index contributed by atoms with van der Waals surface area (Å²) in [5.74, 6) is 0.969. The maximum Gasteiger partial charge on any atom is 0.394 e. The van der Waals surface area contributed by atoms with Crippen molar-refractivity contribution in [3.05, 3.63) is 29.5 Å². The SMILES string of the molecule is COc1ccc2c(c1)c1c3n2CCNC3CCC1.O=S(=O)(O)O. The van der Waals surface area contributed by atoms with Crippen LogP contribution in [-0.2, 0) is 23.4 Å². The first-order valence-corrected chi connectivity index (χ1v) is 8.90. The number of fused-ring (bicyclic) bond motifs is 3. The zero-order valence-corrected chi connectivity index (χ0v) is 13.6. The van der Waals surface area contributed by atoms with E-state index in [0.717, 1.165) is 18.8 Å². The number of nitrogens with one attached hydrogen (secondary N) is 1. The second-order valence-electron chi connectivity index (χ2n) is 5.75. The first kappa shape index (κ1) is 16.3. The normalized spacial score (nSPS) is 19.7. The van der Waals surface area contributed by atoms with E-state index in [1.165, 1.54) is 35.9 Å². The summed E-state index contributed by atoms with van der Waals surface area (Å²) < 4.78 is 39.5. The Hall–Kier alpha value is -1.61. The summed E-state index contributed by atoms with van der Waals surface area (Å²) >= 11 is 0. The van der Waals surface area contributed by atoms with Gasteiger partial charge in [0.1, 0.15) is 5.75 Å². The quantitative estimate of drug-likeness (QED) is 0.686. The van der Waals surface area contributed by atoms with Gasteiger partial charge in [0.2, 0.25) is 0 Å². The number of ether oxygens (including phenoxy) is 1. The molecule has 2 heterocycles. The van der Waals surface area contributed by atoms with E-state index in [0.29, 0.717) is 6.04 Å². The van der Waals surface area contributed by atoms with Gasteiger partial charge in [0.25, 0.3) is 0 Å². The molecule has 0 saturated heterocycles. The van der Waals surface area contributed by atoms with Crippen LogP contribution >= 0.6 is 0 Å². The average molecular weight is 340 g/mol. The van der Waals surface area contributed by atoms with Crippen LogP contribution in [0.2, 0.25) is 0 Å². The maximum absolute atomic E-state index is 8.74. The Kier molecular flexibility index (Phi) is 4.33. The van der Waals surface area contributed by atoms with E-state index < -0.39 is 10.4 Å². The lowest BCUT2D eigenvalue weighted by molar-refractivity contribution is 0.381. The smallest absolute Gasteiger partial charge is 0.394 e. The highest BCUT2D eigenvalue weighted by molar-refractivity contribution is 7.79. The predicted octanol–water partition coefficient (Wildman–Crippen LogP) is 1.98. The highest BCUT2D eigenvalue weighted by Crippen LogP contribution is 2.39. The van der Waals surface area contributed by atoms with Gasteiger partial charge in [-0.15, -0.1) is 0 Å². The number of hydrogen-bond acceptors (Lipinski definition) is 4. The second kappa shape index (κ2) is 6.12. The van der Waals surface area contributed by atoms with Crippen molar-refractivity contribution in [2.75, 3.05) is 13.7 Å². The average Bonchev–Trinajstić information content (AvgIpc) is 2.82. The van der Waals surface area contributed by atoms with Gasteiger partial charge in [-0.05, 0) is 43.0 Å². The molecule has 0 fully saturated rings. The van der Waals surface area contributed by atoms with Crippen molar-refractivity contribution >= 4 is 21.3 Å². The molecule has 1 aliphatic heterocycles. The lowest BCUT2D eigenvalue weighted by atomic mass is 9.91. The summed E-state index contributed by atoms with van der Waals surface area (Å²) in [6.07, 6.45) is 3.78. The summed E-state index contributed by atoms with van der Waals surface area (Å²) in [7, 11) is -2.92. The van der Waals surface area contributed by atoms with Crippen molar-refractivity contribution in [2.24, 2.45) is 0 Å².